The molecule has 1 saturated heterocycles. The van der Waals surface area contributed by atoms with E-state index >= 15 is 0 Å². The number of imidazole rings is 1. The van der Waals surface area contributed by atoms with Gasteiger partial charge in [-0.3, -0.25) is 8.96 Å². The Kier molecular flexibility index (Phi) is 3.38. The van der Waals surface area contributed by atoms with Crippen LogP contribution >= 0.6 is 0 Å². The molecule has 120 valence electrons. The summed E-state index contributed by atoms with van der Waals surface area (Å²) in [5.41, 5.74) is 4.43. The SMILES string of the molecule is C[C@]1(CO)O[C@@H](n2cnc3c(O)nc(N)nc32)[C@H](CF)[C@@H]1O. The lowest BCUT2D eigenvalue weighted by Gasteiger charge is -2.25. The lowest BCUT2D eigenvalue weighted by molar-refractivity contribution is -0.115. The number of aliphatic hydroxyl groups excluding tert-OH is 2. The predicted molar refractivity (Wildman–Crippen MR) is 72.5 cm³/mol. The Morgan fingerprint density at radius 3 is 2.86 bits per heavy atom. The molecule has 22 heavy (non-hydrogen) atoms. The molecule has 0 aliphatic carbocycles. The summed E-state index contributed by atoms with van der Waals surface area (Å²) in [5, 5.41) is 29.3. The zero-order chi connectivity index (χ0) is 16.1. The first-order valence-electron chi connectivity index (χ1n) is 6.63. The van der Waals surface area contributed by atoms with Gasteiger partial charge in [-0.1, -0.05) is 0 Å². The number of ether oxygens (including phenoxy) is 1. The van der Waals surface area contributed by atoms with Crippen LogP contribution in [0.1, 0.15) is 13.2 Å². The molecule has 0 radical (unpaired) electrons. The van der Waals surface area contributed by atoms with Crippen molar-refractivity contribution < 1.29 is 24.4 Å². The van der Waals surface area contributed by atoms with Crippen LogP contribution in [0.15, 0.2) is 6.33 Å². The van der Waals surface area contributed by atoms with Gasteiger partial charge >= 0.3 is 0 Å². The Morgan fingerprint density at radius 1 is 1.50 bits per heavy atom. The largest absolute Gasteiger partial charge is 0.492 e. The number of aliphatic hydroxyl groups is 2. The highest BCUT2D eigenvalue weighted by Gasteiger charge is 2.52. The molecule has 2 aromatic rings. The molecule has 3 rings (SSSR count). The van der Waals surface area contributed by atoms with Crippen LogP contribution in [0.2, 0.25) is 0 Å². The second kappa shape index (κ2) is 5.00. The topological polar surface area (TPSA) is 140 Å². The van der Waals surface area contributed by atoms with Crippen molar-refractivity contribution >= 4 is 17.1 Å². The lowest BCUT2D eigenvalue weighted by Crippen LogP contribution is -2.42. The molecule has 1 fully saturated rings. The molecular formula is C12H16FN5O4. The maximum Gasteiger partial charge on any atom is 0.244 e. The number of hydrogen-bond donors (Lipinski definition) is 4. The van der Waals surface area contributed by atoms with Gasteiger partial charge in [0.05, 0.1) is 31.6 Å². The smallest absolute Gasteiger partial charge is 0.244 e. The number of aromatic nitrogens is 4. The van der Waals surface area contributed by atoms with E-state index in [1.807, 2.05) is 0 Å². The van der Waals surface area contributed by atoms with E-state index in [4.69, 9.17) is 10.5 Å². The third kappa shape index (κ3) is 1.99. The summed E-state index contributed by atoms with van der Waals surface area (Å²) in [6.45, 7) is 0.143. The Morgan fingerprint density at radius 2 is 2.23 bits per heavy atom. The van der Waals surface area contributed by atoms with Gasteiger partial charge in [0.15, 0.2) is 11.2 Å². The molecule has 0 spiro atoms. The van der Waals surface area contributed by atoms with Gasteiger partial charge in [-0.15, -0.1) is 0 Å². The first-order valence-corrected chi connectivity index (χ1v) is 6.63. The van der Waals surface area contributed by atoms with Crippen molar-refractivity contribution in [2.45, 2.75) is 24.9 Å². The van der Waals surface area contributed by atoms with Gasteiger partial charge in [-0.05, 0) is 6.92 Å². The van der Waals surface area contributed by atoms with Crippen molar-refractivity contribution in [1.29, 1.82) is 0 Å². The first kappa shape index (κ1) is 14.9. The number of halogens is 1. The van der Waals surface area contributed by atoms with Crippen LogP contribution in [-0.4, -0.2) is 59.8 Å². The van der Waals surface area contributed by atoms with Crippen molar-refractivity contribution in [3.05, 3.63) is 6.33 Å². The molecule has 10 heteroatoms. The van der Waals surface area contributed by atoms with Crippen LogP contribution in [0.4, 0.5) is 10.3 Å². The highest BCUT2D eigenvalue weighted by atomic mass is 19.1. The fourth-order valence-electron chi connectivity index (χ4n) is 2.70. The summed E-state index contributed by atoms with van der Waals surface area (Å²) in [4.78, 5) is 11.5. The van der Waals surface area contributed by atoms with Crippen LogP contribution in [0.25, 0.3) is 11.2 Å². The van der Waals surface area contributed by atoms with Crippen molar-refractivity contribution in [2.24, 2.45) is 5.92 Å². The minimum Gasteiger partial charge on any atom is -0.492 e. The lowest BCUT2D eigenvalue weighted by atomic mass is 9.92. The Labute approximate surface area is 124 Å². The van der Waals surface area contributed by atoms with Gasteiger partial charge in [-0.2, -0.15) is 9.97 Å². The fourth-order valence-corrected chi connectivity index (χ4v) is 2.70. The summed E-state index contributed by atoms with van der Waals surface area (Å²) < 4.78 is 20.4. The third-order valence-corrected chi connectivity index (χ3v) is 3.97. The molecule has 5 N–H and O–H groups in total. The number of fused-ring (bicyclic) bond motifs is 1. The van der Waals surface area contributed by atoms with Gasteiger partial charge < -0.3 is 25.8 Å². The van der Waals surface area contributed by atoms with Crippen molar-refractivity contribution in [2.75, 3.05) is 19.0 Å². The second-order valence-electron chi connectivity index (χ2n) is 5.47. The first-order chi connectivity index (χ1) is 10.4. The number of rotatable bonds is 3. The van der Waals surface area contributed by atoms with E-state index in [2.05, 4.69) is 15.0 Å². The zero-order valence-electron chi connectivity index (χ0n) is 11.7. The van der Waals surface area contributed by atoms with Crippen LogP contribution in [0, 0.1) is 5.92 Å². The molecule has 9 nitrogen and oxygen atoms in total. The molecule has 2 aromatic heterocycles. The predicted octanol–water partition coefficient (Wildman–Crippen LogP) is -0.660. The van der Waals surface area contributed by atoms with E-state index in [0.29, 0.717) is 0 Å². The van der Waals surface area contributed by atoms with E-state index in [1.165, 1.54) is 17.8 Å². The number of anilines is 1. The molecule has 0 saturated carbocycles. The maximum absolute atomic E-state index is 13.4. The minimum absolute atomic E-state index is 0.0856. The molecule has 4 atom stereocenters. The fraction of sp³-hybridized carbons (Fsp3) is 0.583. The van der Waals surface area contributed by atoms with Crippen LogP contribution in [0.5, 0.6) is 5.88 Å². The zero-order valence-corrected chi connectivity index (χ0v) is 11.7. The molecule has 0 aromatic carbocycles. The average molecular weight is 313 g/mol. The standard InChI is InChI=1S/C12H16FN5O4/c1-12(3-19)7(20)5(2-13)10(22-12)18-4-15-6-8(18)16-11(14)17-9(6)21/h4-5,7,10,19-20H,2-3H2,1H3,(H3,14,16,17,21)/t5-,7+,10-,12-/m1/s1. The Bertz CT molecular complexity index is 710. The quantitative estimate of drug-likeness (QED) is 0.585. The molecule has 1 aliphatic rings. The molecule has 1 aliphatic heterocycles. The molecule has 0 unspecified atom stereocenters. The van der Waals surface area contributed by atoms with Gasteiger partial charge in [0, 0.05) is 0 Å². The van der Waals surface area contributed by atoms with E-state index in [-0.39, 0.29) is 17.1 Å². The van der Waals surface area contributed by atoms with Crippen LogP contribution in [0.3, 0.4) is 0 Å². The average Bonchev–Trinajstić information content (AvgIpc) is 3.00. The van der Waals surface area contributed by atoms with Crippen molar-refractivity contribution in [3.63, 3.8) is 0 Å². The van der Waals surface area contributed by atoms with Crippen molar-refractivity contribution in [3.8, 4) is 5.88 Å². The van der Waals surface area contributed by atoms with Gasteiger partial charge in [0.25, 0.3) is 0 Å². The normalized spacial score (nSPS) is 31.9. The number of nitrogen functional groups attached to an aromatic ring is 1. The van der Waals surface area contributed by atoms with E-state index in [0.717, 1.165) is 0 Å². The number of hydrogen-bond acceptors (Lipinski definition) is 8. The maximum atomic E-state index is 13.4. The molecule has 0 bridgehead atoms. The molecule has 0 amide bonds. The minimum atomic E-state index is -1.31. The Balaban J connectivity index is 2.11. The van der Waals surface area contributed by atoms with Gasteiger partial charge in [0.1, 0.15) is 11.8 Å². The Hall–Kier alpha value is -2.04. The van der Waals surface area contributed by atoms with Crippen LogP contribution < -0.4 is 5.73 Å². The highest BCUT2D eigenvalue weighted by molar-refractivity contribution is 5.77. The number of nitrogens with zero attached hydrogens (tertiary/aromatic N) is 4. The summed E-state index contributed by atoms with van der Waals surface area (Å²) in [6.07, 6.45) is -0.865. The molecular weight excluding hydrogens is 297 g/mol. The summed E-state index contributed by atoms with van der Waals surface area (Å²) in [7, 11) is 0. The van der Waals surface area contributed by atoms with Gasteiger partial charge in [-0.25, -0.2) is 4.98 Å². The number of aromatic hydroxyl groups is 1. The molecule has 3 heterocycles. The highest BCUT2D eigenvalue weighted by Crippen LogP contribution is 2.42. The van der Waals surface area contributed by atoms with E-state index in [9.17, 15) is 19.7 Å². The van der Waals surface area contributed by atoms with Crippen molar-refractivity contribution in [1.82, 2.24) is 19.5 Å². The summed E-state index contributed by atoms with van der Waals surface area (Å²) in [6, 6.07) is 0. The monoisotopic (exact) mass is 313 g/mol. The third-order valence-electron chi connectivity index (χ3n) is 3.97. The van der Waals surface area contributed by atoms with Gasteiger partial charge in [0.2, 0.25) is 11.8 Å². The number of alkyl halides is 1. The summed E-state index contributed by atoms with van der Waals surface area (Å²) in [5.74, 6) is -1.50. The van der Waals surface area contributed by atoms with Crippen LogP contribution in [-0.2, 0) is 4.74 Å². The summed E-state index contributed by atoms with van der Waals surface area (Å²) >= 11 is 0. The number of nitrogens with two attached hydrogens (primary N) is 1. The van der Waals surface area contributed by atoms with E-state index < -0.39 is 43.0 Å². The second-order valence-corrected chi connectivity index (χ2v) is 5.47. The van der Waals surface area contributed by atoms with E-state index in [1.54, 1.807) is 0 Å².